The van der Waals surface area contributed by atoms with Crippen molar-refractivity contribution in [1.29, 1.82) is 0 Å². The molecule has 3 N–H and O–H groups in total. The quantitative estimate of drug-likeness (QED) is 0.435. The summed E-state index contributed by atoms with van der Waals surface area (Å²) in [7, 11) is 0. The number of nitrogens with zero attached hydrogens (tertiary/aromatic N) is 1. The highest BCUT2D eigenvalue weighted by Crippen LogP contribution is 2.37. The number of imidazole rings is 1. The molecule has 9 heteroatoms. The van der Waals surface area contributed by atoms with E-state index in [1.54, 1.807) is 6.07 Å². The van der Waals surface area contributed by atoms with Gasteiger partial charge in [0.25, 0.3) is 0 Å². The number of aromatic nitrogens is 2. The molecular weight excluding hydrogens is 312 g/mol. The fourth-order valence-electron chi connectivity index (χ4n) is 1.79. The van der Waals surface area contributed by atoms with Gasteiger partial charge in [0.2, 0.25) is 4.93 Å². The van der Waals surface area contributed by atoms with Crippen LogP contribution < -0.4 is 0 Å². The lowest BCUT2D eigenvalue weighted by molar-refractivity contribution is -0.0427. The summed E-state index contributed by atoms with van der Waals surface area (Å²) in [5.41, 5.74) is 1.48. The molecule has 0 aliphatic rings. The molecule has 1 heterocycles. The standard InChI is InChI=1S/C13H14N2O6S/c1-7(20-11(16)17)13(2,21-12(18)19)22-10-14-8-5-3-4-6-9(8)15-10/h3-7H,1-2H3,(H,14,15)(H,16,17)(H,18,19). The summed E-state index contributed by atoms with van der Waals surface area (Å²) in [6.07, 6.45) is -4.09. The van der Waals surface area contributed by atoms with E-state index in [0.717, 1.165) is 17.3 Å². The van der Waals surface area contributed by atoms with E-state index >= 15 is 0 Å². The predicted molar refractivity (Wildman–Crippen MR) is 78.0 cm³/mol. The molecule has 0 aliphatic carbocycles. The molecule has 2 aromatic rings. The third-order valence-corrected chi connectivity index (χ3v) is 4.18. The van der Waals surface area contributed by atoms with Gasteiger partial charge in [0.1, 0.15) is 0 Å². The third kappa shape index (κ3) is 3.61. The number of hydrogen-bond acceptors (Lipinski definition) is 6. The van der Waals surface area contributed by atoms with Crippen molar-refractivity contribution in [1.82, 2.24) is 9.97 Å². The third-order valence-electron chi connectivity index (χ3n) is 2.97. The molecule has 0 fully saturated rings. The van der Waals surface area contributed by atoms with E-state index in [1.165, 1.54) is 13.8 Å². The molecule has 2 rings (SSSR count). The Hall–Kier alpha value is -2.42. The number of rotatable bonds is 5. The van der Waals surface area contributed by atoms with Crippen LogP contribution in [0.25, 0.3) is 11.0 Å². The minimum Gasteiger partial charge on any atom is -0.450 e. The Balaban J connectivity index is 2.28. The highest BCUT2D eigenvalue weighted by molar-refractivity contribution is 8.00. The summed E-state index contributed by atoms with van der Waals surface area (Å²) in [5.74, 6) is 0. The summed E-state index contributed by atoms with van der Waals surface area (Å²) < 4.78 is 9.46. The summed E-state index contributed by atoms with van der Waals surface area (Å²) in [4.78, 5) is 27.4. The monoisotopic (exact) mass is 326 g/mol. The van der Waals surface area contributed by atoms with Crippen molar-refractivity contribution in [3.63, 3.8) is 0 Å². The Morgan fingerprint density at radius 3 is 2.59 bits per heavy atom. The lowest BCUT2D eigenvalue weighted by Gasteiger charge is -2.30. The number of hydrogen-bond donors (Lipinski definition) is 3. The molecule has 0 bridgehead atoms. The van der Waals surface area contributed by atoms with Gasteiger partial charge in [-0.15, -0.1) is 0 Å². The van der Waals surface area contributed by atoms with Crippen LogP contribution in [-0.2, 0) is 9.47 Å². The topological polar surface area (TPSA) is 122 Å². The molecule has 0 saturated carbocycles. The molecule has 22 heavy (non-hydrogen) atoms. The zero-order chi connectivity index (χ0) is 16.3. The molecule has 0 amide bonds. The molecular formula is C13H14N2O6S. The smallest absolute Gasteiger partial charge is 0.450 e. The minimum absolute atomic E-state index is 0.394. The molecule has 0 aliphatic heterocycles. The summed E-state index contributed by atoms with van der Waals surface area (Å²) in [6.45, 7) is 2.83. The molecule has 2 unspecified atom stereocenters. The van der Waals surface area contributed by atoms with Gasteiger partial charge in [-0.05, 0) is 37.7 Å². The zero-order valence-corrected chi connectivity index (χ0v) is 12.6. The van der Waals surface area contributed by atoms with Gasteiger partial charge in [0.15, 0.2) is 11.3 Å². The highest BCUT2D eigenvalue weighted by Gasteiger charge is 2.40. The van der Waals surface area contributed by atoms with Gasteiger partial charge in [-0.25, -0.2) is 14.6 Å². The van der Waals surface area contributed by atoms with Crippen LogP contribution in [-0.4, -0.2) is 43.5 Å². The number of ether oxygens (including phenoxy) is 2. The second-order valence-electron chi connectivity index (χ2n) is 4.57. The molecule has 0 saturated heterocycles. The summed E-state index contributed by atoms with van der Waals surface area (Å²) in [5, 5.41) is 18.0. The first-order chi connectivity index (χ1) is 10.3. The molecule has 8 nitrogen and oxygen atoms in total. The Bertz CT molecular complexity index is 670. The van der Waals surface area contributed by atoms with Crippen LogP contribution in [0.2, 0.25) is 0 Å². The van der Waals surface area contributed by atoms with Crippen LogP contribution in [0.4, 0.5) is 9.59 Å². The molecule has 2 atom stereocenters. The molecule has 1 aromatic heterocycles. The Labute approximate surface area is 129 Å². The van der Waals surface area contributed by atoms with Gasteiger partial charge in [-0.2, -0.15) is 0 Å². The van der Waals surface area contributed by atoms with Crippen molar-refractivity contribution in [3.05, 3.63) is 24.3 Å². The number of para-hydroxylation sites is 2. The number of carbonyl (C=O) groups is 2. The largest absolute Gasteiger partial charge is 0.507 e. The van der Waals surface area contributed by atoms with Crippen molar-refractivity contribution >= 4 is 35.1 Å². The van der Waals surface area contributed by atoms with Crippen molar-refractivity contribution < 1.29 is 29.3 Å². The van der Waals surface area contributed by atoms with Gasteiger partial charge in [-0.3, -0.25) is 0 Å². The second-order valence-corrected chi connectivity index (χ2v) is 5.97. The van der Waals surface area contributed by atoms with Crippen LogP contribution in [0, 0.1) is 0 Å². The fourth-order valence-corrected chi connectivity index (χ4v) is 2.80. The average molecular weight is 326 g/mol. The minimum atomic E-state index is -1.54. The number of fused-ring (bicyclic) bond motifs is 1. The number of thioether (sulfide) groups is 1. The van der Waals surface area contributed by atoms with E-state index < -0.39 is 23.3 Å². The first kappa shape index (κ1) is 16.0. The van der Waals surface area contributed by atoms with Crippen LogP contribution in [0.3, 0.4) is 0 Å². The lowest BCUT2D eigenvalue weighted by Crippen LogP contribution is -2.41. The van der Waals surface area contributed by atoms with Crippen LogP contribution in [0.15, 0.2) is 29.4 Å². The van der Waals surface area contributed by atoms with E-state index in [2.05, 4.69) is 14.7 Å². The number of benzene rings is 1. The SMILES string of the molecule is CC(OC(=O)O)C(C)(OC(=O)O)Sc1nc2ccccc2[nH]1. The summed E-state index contributed by atoms with van der Waals surface area (Å²) >= 11 is 0.937. The van der Waals surface area contributed by atoms with E-state index in [-0.39, 0.29) is 0 Å². The van der Waals surface area contributed by atoms with E-state index in [9.17, 15) is 9.59 Å². The van der Waals surface area contributed by atoms with Gasteiger partial charge in [0, 0.05) is 0 Å². The molecule has 118 valence electrons. The van der Waals surface area contributed by atoms with Crippen LogP contribution >= 0.6 is 11.8 Å². The summed E-state index contributed by atoms with van der Waals surface area (Å²) in [6, 6.07) is 7.26. The van der Waals surface area contributed by atoms with Crippen molar-refractivity contribution in [2.45, 2.75) is 30.0 Å². The van der Waals surface area contributed by atoms with Gasteiger partial charge >= 0.3 is 12.3 Å². The maximum absolute atomic E-state index is 10.9. The average Bonchev–Trinajstić information content (AvgIpc) is 2.78. The number of aromatic amines is 1. The maximum Gasteiger partial charge on any atom is 0.507 e. The fraction of sp³-hybridized carbons (Fsp3) is 0.308. The molecule has 0 spiro atoms. The van der Waals surface area contributed by atoms with Crippen molar-refractivity contribution in [2.24, 2.45) is 0 Å². The molecule has 1 aromatic carbocycles. The first-order valence-corrected chi connectivity index (χ1v) is 7.07. The number of H-pyrrole nitrogens is 1. The number of carboxylic acid groups (broad SMARTS) is 2. The predicted octanol–water partition coefficient (Wildman–Crippen LogP) is 3.15. The lowest BCUT2D eigenvalue weighted by atomic mass is 10.2. The number of nitrogens with one attached hydrogen (secondary N) is 1. The van der Waals surface area contributed by atoms with Crippen LogP contribution in [0.5, 0.6) is 0 Å². The maximum atomic E-state index is 10.9. The zero-order valence-electron chi connectivity index (χ0n) is 11.8. The van der Waals surface area contributed by atoms with Crippen molar-refractivity contribution in [2.75, 3.05) is 0 Å². The Morgan fingerprint density at radius 2 is 2.00 bits per heavy atom. The van der Waals surface area contributed by atoms with Gasteiger partial charge < -0.3 is 24.7 Å². The second kappa shape index (κ2) is 6.14. The Kier molecular flexibility index (Phi) is 4.45. The van der Waals surface area contributed by atoms with Crippen molar-refractivity contribution in [3.8, 4) is 0 Å². The van der Waals surface area contributed by atoms with E-state index in [4.69, 9.17) is 14.9 Å². The van der Waals surface area contributed by atoms with Crippen LogP contribution in [0.1, 0.15) is 13.8 Å². The van der Waals surface area contributed by atoms with Gasteiger partial charge in [-0.1, -0.05) is 12.1 Å². The highest BCUT2D eigenvalue weighted by atomic mass is 32.2. The Morgan fingerprint density at radius 1 is 1.32 bits per heavy atom. The normalized spacial score (nSPS) is 15.0. The first-order valence-electron chi connectivity index (χ1n) is 6.25. The van der Waals surface area contributed by atoms with E-state index in [1.807, 2.05) is 18.2 Å². The van der Waals surface area contributed by atoms with Gasteiger partial charge in [0.05, 0.1) is 11.0 Å². The van der Waals surface area contributed by atoms with E-state index in [0.29, 0.717) is 10.7 Å². The molecule has 0 radical (unpaired) electrons.